The van der Waals surface area contributed by atoms with Crippen LogP contribution in [-0.2, 0) is 14.8 Å². The van der Waals surface area contributed by atoms with E-state index in [-0.39, 0.29) is 15.5 Å². The Bertz CT molecular complexity index is 751. The van der Waals surface area contributed by atoms with E-state index in [4.69, 9.17) is 4.74 Å². The minimum atomic E-state index is -3.81. The summed E-state index contributed by atoms with van der Waals surface area (Å²) < 4.78 is 36.6. The van der Waals surface area contributed by atoms with Gasteiger partial charge >= 0.3 is 5.97 Å². The molecule has 1 aromatic carbocycles. The molecule has 0 aliphatic heterocycles. The summed E-state index contributed by atoms with van der Waals surface area (Å²) in [6.45, 7) is 0. The van der Waals surface area contributed by atoms with Crippen LogP contribution in [0.1, 0.15) is 9.67 Å². The van der Waals surface area contributed by atoms with Gasteiger partial charge < -0.3 is 9.47 Å². The van der Waals surface area contributed by atoms with Gasteiger partial charge in [-0.2, -0.15) is 0 Å². The lowest BCUT2D eigenvalue weighted by Gasteiger charge is -2.09. The van der Waals surface area contributed by atoms with Crippen molar-refractivity contribution in [2.75, 3.05) is 18.9 Å². The third kappa shape index (κ3) is 3.34. The Hall–Kier alpha value is -2.06. The molecule has 6 nitrogen and oxygen atoms in total. The van der Waals surface area contributed by atoms with Crippen molar-refractivity contribution in [1.29, 1.82) is 0 Å². The Morgan fingerprint density at radius 3 is 2.67 bits per heavy atom. The van der Waals surface area contributed by atoms with Crippen molar-refractivity contribution < 1.29 is 22.7 Å². The third-order valence-electron chi connectivity index (χ3n) is 2.63. The Balaban J connectivity index is 2.33. The van der Waals surface area contributed by atoms with Crippen molar-refractivity contribution >= 4 is 33.0 Å². The molecule has 2 aromatic rings. The summed E-state index contributed by atoms with van der Waals surface area (Å²) in [7, 11) is -1.12. The molecule has 0 radical (unpaired) electrons. The predicted octanol–water partition coefficient (Wildman–Crippen LogP) is 2.34. The number of esters is 1. The molecule has 0 aliphatic carbocycles. The summed E-state index contributed by atoms with van der Waals surface area (Å²) in [4.78, 5) is 11.8. The molecule has 2 rings (SSSR count). The number of benzene rings is 1. The van der Waals surface area contributed by atoms with Crippen molar-refractivity contribution in [3.63, 3.8) is 0 Å². The normalized spacial score (nSPS) is 11.0. The van der Waals surface area contributed by atoms with Crippen molar-refractivity contribution in [3.05, 3.63) is 40.6 Å². The van der Waals surface area contributed by atoms with Gasteiger partial charge in [0, 0.05) is 6.07 Å². The van der Waals surface area contributed by atoms with Gasteiger partial charge in [0.25, 0.3) is 10.0 Å². The smallest absolute Gasteiger partial charge is 0.350 e. The molecular formula is C13H13NO5S2. The highest BCUT2D eigenvalue weighted by Gasteiger charge is 2.20. The van der Waals surface area contributed by atoms with Gasteiger partial charge in [-0.15, -0.1) is 11.3 Å². The molecule has 0 spiro atoms. The standard InChI is InChI=1S/C13H13NO5S2/c1-18-9-4-3-5-10(8-9)21(16,17)14-11-6-7-20-12(11)13(15)19-2/h3-8,14H,1-2H3. The summed E-state index contributed by atoms with van der Waals surface area (Å²) in [6, 6.07) is 7.56. The van der Waals surface area contributed by atoms with Gasteiger partial charge in [0.2, 0.25) is 0 Å². The molecule has 0 saturated carbocycles. The molecule has 0 unspecified atom stereocenters. The summed E-state index contributed by atoms with van der Waals surface area (Å²) in [5.74, 6) is -0.162. The largest absolute Gasteiger partial charge is 0.497 e. The Morgan fingerprint density at radius 2 is 2.00 bits per heavy atom. The number of thiophene rings is 1. The highest BCUT2D eigenvalue weighted by atomic mass is 32.2. The van der Waals surface area contributed by atoms with E-state index in [1.807, 2.05) is 0 Å². The van der Waals surface area contributed by atoms with E-state index in [9.17, 15) is 13.2 Å². The lowest BCUT2D eigenvalue weighted by atomic mass is 10.3. The lowest BCUT2D eigenvalue weighted by Crippen LogP contribution is -2.14. The van der Waals surface area contributed by atoms with Crippen LogP contribution < -0.4 is 9.46 Å². The number of carbonyl (C=O) groups is 1. The third-order valence-corrected chi connectivity index (χ3v) is 4.89. The quantitative estimate of drug-likeness (QED) is 0.853. The van der Waals surface area contributed by atoms with Gasteiger partial charge in [-0.25, -0.2) is 13.2 Å². The van der Waals surface area contributed by atoms with Gasteiger partial charge in [-0.3, -0.25) is 4.72 Å². The average molecular weight is 327 g/mol. The number of methoxy groups -OCH3 is 2. The van der Waals surface area contributed by atoms with Gasteiger partial charge in [0.15, 0.2) is 0 Å². The van der Waals surface area contributed by atoms with Crippen LogP contribution in [0, 0.1) is 0 Å². The number of rotatable bonds is 5. The number of ether oxygens (including phenoxy) is 2. The number of carbonyl (C=O) groups excluding carboxylic acids is 1. The van der Waals surface area contributed by atoms with E-state index in [1.54, 1.807) is 17.5 Å². The van der Waals surface area contributed by atoms with Crippen LogP contribution in [0.25, 0.3) is 0 Å². The summed E-state index contributed by atoms with van der Waals surface area (Å²) in [5, 5.41) is 1.61. The Morgan fingerprint density at radius 1 is 1.24 bits per heavy atom. The Labute approximate surface area is 126 Å². The van der Waals surface area contributed by atoms with Crippen LogP contribution in [0.15, 0.2) is 40.6 Å². The van der Waals surface area contributed by atoms with Crippen LogP contribution in [0.4, 0.5) is 5.69 Å². The SMILES string of the molecule is COC(=O)c1sccc1NS(=O)(=O)c1cccc(OC)c1. The van der Waals surface area contributed by atoms with E-state index in [0.717, 1.165) is 11.3 Å². The first-order valence-electron chi connectivity index (χ1n) is 5.80. The molecule has 112 valence electrons. The van der Waals surface area contributed by atoms with E-state index in [1.165, 1.54) is 32.4 Å². The molecule has 0 saturated heterocycles. The maximum absolute atomic E-state index is 12.3. The number of sulfonamides is 1. The molecule has 1 heterocycles. The molecule has 0 bridgehead atoms. The van der Waals surface area contributed by atoms with E-state index in [2.05, 4.69) is 9.46 Å². The van der Waals surface area contributed by atoms with Crippen LogP contribution in [0.2, 0.25) is 0 Å². The number of nitrogens with one attached hydrogen (secondary N) is 1. The van der Waals surface area contributed by atoms with Gasteiger partial charge in [0.1, 0.15) is 10.6 Å². The summed E-state index contributed by atoms with van der Waals surface area (Å²) in [5.41, 5.74) is 0.190. The first-order chi connectivity index (χ1) is 9.97. The zero-order valence-electron chi connectivity index (χ0n) is 11.3. The maximum atomic E-state index is 12.3. The molecule has 8 heteroatoms. The fraction of sp³-hybridized carbons (Fsp3) is 0.154. The number of hydrogen-bond donors (Lipinski definition) is 1. The van der Waals surface area contributed by atoms with Crippen LogP contribution in [0.5, 0.6) is 5.75 Å². The van der Waals surface area contributed by atoms with Crippen molar-refractivity contribution in [2.45, 2.75) is 4.90 Å². The van der Waals surface area contributed by atoms with Crippen molar-refractivity contribution in [2.24, 2.45) is 0 Å². The van der Waals surface area contributed by atoms with E-state index in [0.29, 0.717) is 5.75 Å². The zero-order chi connectivity index (χ0) is 15.5. The Kier molecular flexibility index (Phi) is 4.49. The van der Waals surface area contributed by atoms with Gasteiger partial charge in [0.05, 0.1) is 24.8 Å². The molecular weight excluding hydrogens is 314 g/mol. The molecule has 21 heavy (non-hydrogen) atoms. The minimum Gasteiger partial charge on any atom is -0.497 e. The zero-order valence-corrected chi connectivity index (χ0v) is 13.0. The second-order valence-electron chi connectivity index (χ2n) is 3.94. The second-order valence-corrected chi connectivity index (χ2v) is 6.54. The van der Waals surface area contributed by atoms with E-state index >= 15 is 0 Å². The highest BCUT2D eigenvalue weighted by Crippen LogP contribution is 2.26. The molecule has 0 amide bonds. The highest BCUT2D eigenvalue weighted by molar-refractivity contribution is 7.92. The van der Waals surface area contributed by atoms with Crippen LogP contribution in [-0.4, -0.2) is 28.6 Å². The fourth-order valence-corrected chi connectivity index (χ4v) is 3.55. The number of hydrogen-bond acceptors (Lipinski definition) is 6. The van der Waals surface area contributed by atoms with Crippen molar-refractivity contribution in [3.8, 4) is 5.75 Å². The number of anilines is 1. The minimum absolute atomic E-state index is 0.0452. The second kappa shape index (κ2) is 6.15. The topological polar surface area (TPSA) is 81.7 Å². The van der Waals surface area contributed by atoms with Gasteiger partial charge in [-0.05, 0) is 23.6 Å². The monoisotopic (exact) mass is 327 g/mol. The average Bonchev–Trinajstić information content (AvgIpc) is 2.94. The van der Waals surface area contributed by atoms with Gasteiger partial charge in [-0.1, -0.05) is 6.07 Å². The summed E-state index contributed by atoms with van der Waals surface area (Å²) in [6.07, 6.45) is 0. The lowest BCUT2D eigenvalue weighted by molar-refractivity contribution is 0.0607. The maximum Gasteiger partial charge on any atom is 0.350 e. The molecule has 1 N–H and O–H groups in total. The van der Waals surface area contributed by atoms with Crippen LogP contribution in [0.3, 0.4) is 0 Å². The predicted molar refractivity (Wildman–Crippen MR) is 79.5 cm³/mol. The first kappa shape index (κ1) is 15.3. The van der Waals surface area contributed by atoms with E-state index < -0.39 is 16.0 Å². The first-order valence-corrected chi connectivity index (χ1v) is 8.17. The molecule has 0 atom stereocenters. The summed E-state index contributed by atoms with van der Waals surface area (Å²) >= 11 is 1.10. The molecule has 0 aliphatic rings. The molecule has 1 aromatic heterocycles. The van der Waals surface area contributed by atoms with Crippen LogP contribution >= 0.6 is 11.3 Å². The van der Waals surface area contributed by atoms with Crippen molar-refractivity contribution in [1.82, 2.24) is 0 Å². The fourth-order valence-electron chi connectivity index (χ4n) is 1.61. The molecule has 0 fully saturated rings.